The van der Waals surface area contributed by atoms with Gasteiger partial charge in [-0.1, -0.05) is 37.5 Å². The second-order valence-electron chi connectivity index (χ2n) is 4.75. The number of nitrogens with one attached hydrogen (secondary N) is 1. The minimum atomic E-state index is 0.447. The molecule has 1 saturated carbocycles. The third-order valence-electron chi connectivity index (χ3n) is 3.60. The van der Waals surface area contributed by atoms with E-state index < -0.39 is 0 Å². The average molecular weight is 218 g/mol. The summed E-state index contributed by atoms with van der Waals surface area (Å²) in [7, 11) is 0. The Labute approximate surface area is 98.2 Å². The van der Waals surface area contributed by atoms with Crippen molar-refractivity contribution in [3.05, 3.63) is 30.3 Å². The molecule has 2 rings (SSSR count). The molecule has 0 radical (unpaired) electrons. The number of benzene rings is 1. The van der Waals surface area contributed by atoms with Gasteiger partial charge in [0.15, 0.2) is 0 Å². The van der Waals surface area contributed by atoms with Crippen LogP contribution in [0.15, 0.2) is 30.3 Å². The van der Waals surface area contributed by atoms with Crippen LogP contribution >= 0.6 is 0 Å². The van der Waals surface area contributed by atoms with E-state index in [1.54, 1.807) is 0 Å². The Kier molecular flexibility index (Phi) is 4.23. The zero-order chi connectivity index (χ0) is 11.2. The van der Waals surface area contributed by atoms with E-state index in [1.165, 1.54) is 37.8 Å². The topological polar surface area (TPSA) is 38.0 Å². The van der Waals surface area contributed by atoms with Crippen molar-refractivity contribution in [2.75, 3.05) is 11.9 Å². The van der Waals surface area contributed by atoms with Gasteiger partial charge in [-0.25, -0.2) is 0 Å². The van der Waals surface area contributed by atoms with Gasteiger partial charge in [-0.2, -0.15) is 0 Å². The zero-order valence-corrected chi connectivity index (χ0v) is 9.86. The fourth-order valence-electron chi connectivity index (χ4n) is 2.65. The van der Waals surface area contributed by atoms with Gasteiger partial charge in [0.1, 0.15) is 0 Å². The number of hydrogen-bond acceptors (Lipinski definition) is 2. The van der Waals surface area contributed by atoms with Crippen LogP contribution in [0.2, 0.25) is 0 Å². The van der Waals surface area contributed by atoms with Crippen LogP contribution in [-0.4, -0.2) is 12.6 Å². The molecule has 0 bridgehead atoms. The standard InChI is InChI=1S/C14H22N2/c15-11-14(12-7-3-1-4-8-12)16-13-9-5-2-6-10-13/h2,5-6,9-10,12,14,16H,1,3-4,7-8,11,15H2. The summed E-state index contributed by atoms with van der Waals surface area (Å²) in [5.41, 5.74) is 7.09. The van der Waals surface area contributed by atoms with E-state index >= 15 is 0 Å². The second kappa shape index (κ2) is 5.90. The van der Waals surface area contributed by atoms with Crippen molar-refractivity contribution in [3.63, 3.8) is 0 Å². The molecular formula is C14H22N2. The maximum absolute atomic E-state index is 5.89. The summed E-state index contributed by atoms with van der Waals surface area (Å²) in [6.07, 6.45) is 6.82. The van der Waals surface area contributed by atoms with Gasteiger partial charge < -0.3 is 11.1 Å². The van der Waals surface area contributed by atoms with E-state index in [-0.39, 0.29) is 0 Å². The predicted octanol–water partition coefficient (Wildman–Crippen LogP) is 3.01. The Morgan fingerprint density at radius 3 is 2.44 bits per heavy atom. The van der Waals surface area contributed by atoms with Crippen LogP contribution in [0.3, 0.4) is 0 Å². The summed E-state index contributed by atoms with van der Waals surface area (Å²) < 4.78 is 0. The molecule has 0 heterocycles. The van der Waals surface area contributed by atoms with Crippen molar-refractivity contribution >= 4 is 5.69 Å². The number of para-hydroxylation sites is 1. The highest BCUT2D eigenvalue weighted by Gasteiger charge is 2.22. The Hall–Kier alpha value is -1.02. The first-order valence-electron chi connectivity index (χ1n) is 6.42. The monoisotopic (exact) mass is 218 g/mol. The predicted molar refractivity (Wildman–Crippen MR) is 69.5 cm³/mol. The van der Waals surface area contributed by atoms with Crippen molar-refractivity contribution in [1.82, 2.24) is 0 Å². The van der Waals surface area contributed by atoms with Gasteiger partial charge in [0, 0.05) is 18.3 Å². The van der Waals surface area contributed by atoms with Crippen LogP contribution in [0, 0.1) is 5.92 Å². The lowest BCUT2D eigenvalue weighted by atomic mass is 9.84. The van der Waals surface area contributed by atoms with Crippen molar-refractivity contribution in [2.45, 2.75) is 38.1 Å². The van der Waals surface area contributed by atoms with E-state index in [9.17, 15) is 0 Å². The first-order chi connectivity index (χ1) is 7.90. The SMILES string of the molecule is NCC(Nc1ccccc1)C1CCCCC1. The van der Waals surface area contributed by atoms with Gasteiger partial charge in [0.2, 0.25) is 0 Å². The lowest BCUT2D eigenvalue weighted by Gasteiger charge is -2.30. The Morgan fingerprint density at radius 1 is 1.12 bits per heavy atom. The van der Waals surface area contributed by atoms with Gasteiger partial charge in [-0.15, -0.1) is 0 Å². The van der Waals surface area contributed by atoms with Crippen molar-refractivity contribution in [3.8, 4) is 0 Å². The van der Waals surface area contributed by atoms with Gasteiger partial charge in [-0.05, 0) is 30.9 Å². The van der Waals surface area contributed by atoms with Crippen molar-refractivity contribution < 1.29 is 0 Å². The van der Waals surface area contributed by atoms with E-state index in [4.69, 9.17) is 5.73 Å². The van der Waals surface area contributed by atoms with E-state index in [0.717, 1.165) is 12.5 Å². The summed E-state index contributed by atoms with van der Waals surface area (Å²) in [4.78, 5) is 0. The van der Waals surface area contributed by atoms with Crippen LogP contribution in [0.5, 0.6) is 0 Å². The highest BCUT2D eigenvalue weighted by molar-refractivity contribution is 5.43. The fourth-order valence-corrected chi connectivity index (χ4v) is 2.65. The average Bonchev–Trinajstić information content (AvgIpc) is 2.38. The molecule has 3 N–H and O–H groups in total. The quantitative estimate of drug-likeness (QED) is 0.815. The normalized spacial score (nSPS) is 19.3. The molecule has 1 aliphatic carbocycles. The summed E-state index contributed by atoms with van der Waals surface area (Å²) >= 11 is 0. The summed E-state index contributed by atoms with van der Waals surface area (Å²) in [6.45, 7) is 0.736. The van der Waals surface area contributed by atoms with Gasteiger partial charge in [0.25, 0.3) is 0 Å². The lowest BCUT2D eigenvalue weighted by molar-refractivity contribution is 0.320. The molecule has 0 aliphatic heterocycles. The number of anilines is 1. The Balaban J connectivity index is 1.94. The zero-order valence-electron chi connectivity index (χ0n) is 9.86. The molecule has 88 valence electrons. The Bertz CT molecular complexity index is 291. The van der Waals surface area contributed by atoms with Crippen molar-refractivity contribution in [1.29, 1.82) is 0 Å². The molecule has 0 saturated heterocycles. The molecule has 0 spiro atoms. The largest absolute Gasteiger partial charge is 0.381 e. The number of nitrogens with two attached hydrogens (primary N) is 1. The summed E-state index contributed by atoms with van der Waals surface area (Å²) in [5.74, 6) is 0.763. The fraction of sp³-hybridized carbons (Fsp3) is 0.571. The van der Waals surface area contributed by atoms with Crippen molar-refractivity contribution in [2.24, 2.45) is 11.7 Å². The van der Waals surface area contributed by atoms with Crippen LogP contribution in [0.25, 0.3) is 0 Å². The summed E-state index contributed by atoms with van der Waals surface area (Å²) in [5, 5.41) is 3.57. The molecule has 1 unspecified atom stereocenters. The highest BCUT2D eigenvalue weighted by Crippen LogP contribution is 2.27. The Morgan fingerprint density at radius 2 is 1.81 bits per heavy atom. The molecular weight excluding hydrogens is 196 g/mol. The molecule has 2 nitrogen and oxygen atoms in total. The van der Waals surface area contributed by atoms with Crippen LogP contribution in [-0.2, 0) is 0 Å². The molecule has 0 amide bonds. The number of hydrogen-bond donors (Lipinski definition) is 2. The number of rotatable bonds is 4. The minimum absolute atomic E-state index is 0.447. The van der Waals surface area contributed by atoms with E-state index in [1.807, 2.05) is 6.07 Å². The lowest BCUT2D eigenvalue weighted by Crippen LogP contribution is -2.37. The molecule has 1 fully saturated rings. The van der Waals surface area contributed by atoms with Gasteiger partial charge in [-0.3, -0.25) is 0 Å². The molecule has 1 aromatic rings. The highest BCUT2D eigenvalue weighted by atomic mass is 14.9. The molecule has 1 aromatic carbocycles. The van der Waals surface area contributed by atoms with Crippen LogP contribution < -0.4 is 11.1 Å². The molecule has 1 atom stereocenters. The van der Waals surface area contributed by atoms with E-state index in [2.05, 4.69) is 29.6 Å². The van der Waals surface area contributed by atoms with Crippen LogP contribution in [0.1, 0.15) is 32.1 Å². The molecule has 16 heavy (non-hydrogen) atoms. The minimum Gasteiger partial charge on any atom is -0.381 e. The molecule has 2 heteroatoms. The molecule has 1 aliphatic rings. The smallest absolute Gasteiger partial charge is 0.0411 e. The maximum atomic E-state index is 5.89. The first-order valence-corrected chi connectivity index (χ1v) is 6.42. The first kappa shape index (κ1) is 11.5. The second-order valence-corrected chi connectivity index (χ2v) is 4.75. The molecule has 0 aromatic heterocycles. The third kappa shape index (κ3) is 2.99. The van der Waals surface area contributed by atoms with Gasteiger partial charge >= 0.3 is 0 Å². The summed E-state index contributed by atoms with van der Waals surface area (Å²) in [6, 6.07) is 10.9. The van der Waals surface area contributed by atoms with E-state index in [0.29, 0.717) is 6.04 Å². The van der Waals surface area contributed by atoms with Gasteiger partial charge in [0.05, 0.1) is 0 Å². The third-order valence-corrected chi connectivity index (χ3v) is 3.60. The van der Waals surface area contributed by atoms with Crippen LogP contribution in [0.4, 0.5) is 5.69 Å². The maximum Gasteiger partial charge on any atom is 0.0411 e.